The second-order valence-electron chi connectivity index (χ2n) is 4.26. The molecule has 2 atom stereocenters. The fourth-order valence-electron chi connectivity index (χ4n) is 2.09. The van der Waals surface area contributed by atoms with Gasteiger partial charge in [-0.05, 0) is 24.6 Å². The third kappa shape index (κ3) is 3.84. The molecule has 1 aliphatic heterocycles. The van der Waals surface area contributed by atoms with Crippen LogP contribution in [0.3, 0.4) is 0 Å². The van der Waals surface area contributed by atoms with Crippen molar-refractivity contribution >= 4 is 0 Å². The van der Waals surface area contributed by atoms with Crippen LogP contribution in [0.5, 0.6) is 0 Å². The van der Waals surface area contributed by atoms with Gasteiger partial charge in [0.15, 0.2) is 0 Å². The molecule has 0 spiro atoms. The van der Waals surface area contributed by atoms with Crippen molar-refractivity contribution in [3.05, 3.63) is 11.8 Å². The molecule has 0 aromatic rings. The summed E-state index contributed by atoms with van der Waals surface area (Å²) in [5.41, 5.74) is 7.31. The maximum absolute atomic E-state index is 5.98. The minimum absolute atomic E-state index is 0.0983. The molecule has 0 saturated heterocycles. The number of nitrogens with two attached hydrogens (primary N) is 1. The molecule has 1 rings (SSSR count). The van der Waals surface area contributed by atoms with Gasteiger partial charge in [-0.15, -0.1) is 0 Å². The number of methoxy groups -OCH3 is 1. The van der Waals surface area contributed by atoms with E-state index in [4.69, 9.17) is 10.5 Å². The highest BCUT2D eigenvalue weighted by molar-refractivity contribution is 5.14. The van der Waals surface area contributed by atoms with E-state index in [1.807, 2.05) is 0 Å². The predicted molar refractivity (Wildman–Crippen MR) is 63.6 cm³/mol. The number of hydrogen-bond donors (Lipinski definition) is 2. The van der Waals surface area contributed by atoms with Gasteiger partial charge in [-0.3, -0.25) is 0 Å². The summed E-state index contributed by atoms with van der Waals surface area (Å²) in [6.07, 6.45) is 8.47. The third-order valence-electron chi connectivity index (χ3n) is 2.97. The van der Waals surface area contributed by atoms with Crippen LogP contribution in [-0.2, 0) is 4.74 Å². The summed E-state index contributed by atoms with van der Waals surface area (Å²) < 4.78 is 5.44. The van der Waals surface area contributed by atoms with Gasteiger partial charge >= 0.3 is 0 Å². The predicted octanol–water partition coefficient (Wildman–Crippen LogP) is 1.79. The van der Waals surface area contributed by atoms with E-state index in [1.165, 1.54) is 31.3 Å². The Hall–Kier alpha value is -0.540. The Bertz CT molecular complexity index is 204. The standard InChI is InChI=1S/C12H24N2O/c1-3-4-5-6-7-10-8-14-9-11(13)12(10)15-2/h8,11-12,14H,3-7,9,13H2,1-2H3. The first-order valence-electron chi connectivity index (χ1n) is 6.00. The summed E-state index contributed by atoms with van der Waals surface area (Å²) >= 11 is 0. The van der Waals surface area contributed by atoms with Gasteiger partial charge in [0.2, 0.25) is 0 Å². The third-order valence-corrected chi connectivity index (χ3v) is 2.97. The number of ether oxygens (including phenoxy) is 1. The zero-order valence-electron chi connectivity index (χ0n) is 9.96. The zero-order valence-corrected chi connectivity index (χ0v) is 9.96. The SMILES string of the molecule is CCCCCCC1=CNCC(N)C1OC. The van der Waals surface area contributed by atoms with Gasteiger partial charge in [0.05, 0.1) is 12.1 Å². The van der Waals surface area contributed by atoms with Crippen LogP contribution >= 0.6 is 0 Å². The molecule has 0 saturated carbocycles. The van der Waals surface area contributed by atoms with E-state index in [0.717, 1.165) is 13.0 Å². The normalized spacial score (nSPS) is 25.9. The minimum atomic E-state index is 0.0983. The van der Waals surface area contributed by atoms with Crippen LogP contribution < -0.4 is 11.1 Å². The summed E-state index contributed by atoms with van der Waals surface area (Å²) in [5, 5.41) is 3.22. The monoisotopic (exact) mass is 212 g/mol. The summed E-state index contributed by atoms with van der Waals surface area (Å²) in [7, 11) is 1.75. The topological polar surface area (TPSA) is 47.3 Å². The Morgan fingerprint density at radius 1 is 1.47 bits per heavy atom. The molecule has 0 bridgehead atoms. The maximum atomic E-state index is 5.98. The zero-order chi connectivity index (χ0) is 11.1. The van der Waals surface area contributed by atoms with E-state index in [-0.39, 0.29) is 12.1 Å². The number of unbranched alkanes of at least 4 members (excludes halogenated alkanes) is 3. The van der Waals surface area contributed by atoms with Gasteiger partial charge in [0.25, 0.3) is 0 Å². The second-order valence-corrected chi connectivity index (χ2v) is 4.26. The van der Waals surface area contributed by atoms with Crippen LogP contribution in [0.25, 0.3) is 0 Å². The van der Waals surface area contributed by atoms with Gasteiger partial charge < -0.3 is 15.8 Å². The molecule has 1 aliphatic rings. The van der Waals surface area contributed by atoms with Crippen molar-refractivity contribution in [3.63, 3.8) is 0 Å². The molecule has 0 aromatic carbocycles. The van der Waals surface area contributed by atoms with Crippen molar-refractivity contribution in [2.24, 2.45) is 5.73 Å². The van der Waals surface area contributed by atoms with Crippen molar-refractivity contribution in [3.8, 4) is 0 Å². The molecule has 15 heavy (non-hydrogen) atoms. The lowest BCUT2D eigenvalue weighted by Crippen LogP contribution is -2.47. The van der Waals surface area contributed by atoms with Gasteiger partial charge in [-0.25, -0.2) is 0 Å². The van der Waals surface area contributed by atoms with Crippen LogP contribution in [-0.4, -0.2) is 25.8 Å². The highest BCUT2D eigenvalue weighted by Crippen LogP contribution is 2.19. The molecule has 0 fully saturated rings. The molecular formula is C12H24N2O. The van der Waals surface area contributed by atoms with Crippen molar-refractivity contribution in [1.82, 2.24) is 5.32 Å². The van der Waals surface area contributed by atoms with E-state index in [2.05, 4.69) is 18.4 Å². The number of rotatable bonds is 6. The van der Waals surface area contributed by atoms with E-state index in [1.54, 1.807) is 7.11 Å². The number of hydrogen-bond acceptors (Lipinski definition) is 3. The lowest BCUT2D eigenvalue weighted by atomic mass is 9.95. The molecule has 1 heterocycles. The van der Waals surface area contributed by atoms with E-state index in [0.29, 0.717) is 0 Å². The average Bonchev–Trinajstić information content (AvgIpc) is 2.24. The van der Waals surface area contributed by atoms with Crippen LogP contribution in [0.1, 0.15) is 39.0 Å². The van der Waals surface area contributed by atoms with Crippen molar-refractivity contribution in [1.29, 1.82) is 0 Å². The van der Waals surface area contributed by atoms with Gasteiger partial charge in [0, 0.05) is 13.7 Å². The Morgan fingerprint density at radius 2 is 2.27 bits per heavy atom. The van der Waals surface area contributed by atoms with E-state index < -0.39 is 0 Å². The molecule has 2 unspecified atom stereocenters. The molecular weight excluding hydrogens is 188 g/mol. The average molecular weight is 212 g/mol. The minimum Gasteiger partial charge on any atom is -0.389 e. The van der Waals surface area contributed by atoms with Gasteiger partial charge in [-0.1, -0.05) is 26.2 Å². The molecule has 0 aliphatic carbocycles. The fourth-order valence-corrected chi connectivity index (χ4v) is 2.09. The van der Waals surface area contributed by atoms with Gasteiger partial charge in [0.1, 0.15) is 0 Å². The summed E-state index contributed by atoms with van der Waals surface area (Å²) in [5.74, 6) is 0. The Balaban J connectivity index is 2.34. The summed E-state index contributed by atoms with van der Waals surface area (Å²) in [6.45, 7) is 3.05. The molecule has 0 aromatic heterocycles. The highest BCUT2D eigenvalue weighted by Gasteiger charge is 2.24. The Labute approximate surface area is 93.1 Å². The lowest BCUT2D eigenvalue weighted by molar-refractivity contribution is 0.101. The molecule has 88 valence electrons. The van der Waals surface area contributed by atoms with Crippen molar-refractivity contribution in [2.75, 3.05) is 13.7 Å². The maximum Gasteiger partial charge on any atom is 0.0966 e. The molecule has 3 nitrogen and oxygen atoms in total. The quantitative estimate of drug-likeness (QED) is 0.660. The first-order chi connectivity index (χ1) is 7.29. The lowest BCUT2D eigenvalue weighted by Gasteiger charge is -2.29. The van der Waals surface area contributed by atoms with Crippen LogP contribution in [0.2, 0.25) is 0 Å². The van der Waals surface area contributed by atoms with E-state index >= 15 is 0 Å². The summed E-state index contributed by atoms with van der Waals surface area (Å²) in [6, 6.07) is 0.0983. The molecule has 3 heteroatoms. The molecule has 0 amide bonds. The van der Waals surface area contributed by atoms with Crippen molar-refractivity contribution < 1.29 is 4.74 Å². The van der Waals surface area contributed by atoms with Crippen molar-refractivity contribution in [2.45, 2.75) is 51.2 Å². The van der Waals surface area contributed by atoms with Crippen LogP contribution in [0.4, 0.5) is 0 Å². The Morgan fingerprint density at radius 3 is 2.93 bits per heavy atom. The Kier molecular flexibility index (Phi) is 5.73. The first kappa shape index (κ1) is 12.5. The first-order valence-corrected chi connectivity index (χ1v) is 6.00. The fraction of sp³-hybridized carbons (Fsp3) is 0.833. The van der Waals surface area contributed by atoms with Crippen LogP contribution in [0, 0.1) is 0 Å². The second kappa shape index (κ2) is 6.85. The summed E-state index contributed by atoms with van der Waals surface area (Å²) in [4.78, 5) is 0. The largest absolute Gasteiger partial charge is 0.389 e. The van der Waals surface area contributed by atoms with Gasteiger partial charge in [-0.2, -0.15) is 0 Å². The molecule has 0 radical (unpaired) electrons. The smallest absolute Gasteiger partial charge is 0.0966 e. The highest BCUT2D eigenvalue weighted by atomic mass is 16.5. The van der Waals surface area contributed by atoms with Crippen LogP contribution in [0.15, 0.2) is 11.8 Å². The number of nitrogens with one attached hydrogen (secondary N) is 1. The molecule has 3 N–H and O–H groups in total. The van der Waals surface area contributed by atoms with E-state index in [9.17, 15) is 0 Å².